The predicted octanol–water partition coefficient (Wildman–Crippen LogP) is 6.36. The summed E-state index contributed by atoms with van der Waals surface area (Å²) in [7, 11) is -2.08. The number of hydrogen-bond donors (Lipinski definition) is 0. The lowest BCUT2D eigenvalue weighted by Gasteiger charge is -2.47. The van der Waals surface area contributed by atoms with Crippen LogP contribution in [0.4, 0.5) is 0 Å². The van der Waals surface area contributed by atoms with E-state index in [1.54, 1.807) is 0 Å². The molecule has 0 N–H and O–H groups in total. The summed E-state index contributed by atoms with van der Waals surface area (Å²) in [6.45, 7) is 6.64. The molecule has 1 aliphatic carbocycles. The van der Waals surface area contributed by atoms with E-state index < -0.39 is 13.9 Å². The smallest absolute Gasteiger partial charge is 0.311 e. The molecule has 0 bridgehead atoms. The monoisotopic (exact) mass is 426 g/mol. The van der Waals surface area contributed by atoms with Gasteiger partial charge in [0.25, 0.3) is 0 Å². The molecule has 0 spiro atoms. The van der Waals surface area contributed by atoms with E-state index in [-0.39, 0.29) is 18.3 Å². The maximum atomic E-state index is 12.8. The molecule has 156 valence electrons. The molecule has 0 aromatic heterocycles. The number of benzene rings is 3. The first-order valence-electron chi connectivity index (χ1n) is 10.8. The van der Waals surface area contributed by atoms with Crippen molar-refractivity contribution < 1.29 is 14.0 Å². The number of carbonyl (C=O) groups is 1. The van der Waals surface area contributed by atoms with E-state index in [1.807, 2.05) is 18.2 Å². The van der Waals surface area contributed by atoms with Crippen molar-refractivity contribution in [1.82, 2.24) is 0 Å². The molecule has 1 unspecified atom stereocenters. The van der Waals surface area contributed by atoms with Gasteiger partial charge in [-0.2, -0.15) is 0 Å². The van der Waals surface area contributed by atoms with E-state index in [0.717, 1.165) is 27.8 Å². The van der Waals surface area contributed by atoms with Gasteiger partial charge in [0.2, 0.25) is 0 Å². The highest BCUT2D eigenvalue weighted by Gasteiger charge is 2.51. The summed E-state index contributed by atoms with van der Waals surface area (Å²) in [5, 5.41) is 0. The normalized spacial score (nSPS) is 18.9. The Kier molecular flexibility index (Phi) is 4.72. The molecule has 3 aromatic carbocycles. The quantitative estimate of drug-likeness (QED) is 0.278. The average Bonchev–Trinajstić information content (AvgIpc) is 2.88. The molecule has 4 heteroatoms. The maximum Gasteiger partial charge on any atom is 0.311 e. The predicted molar refractivity (Wildman–Crippen MR) is 126 cm³/mol. The first kappa shape index (κ1) is 20.0. The fourth-order valence-corrected chi connectivity index (χ4v) is 6.32. The largest absolute Gasteiger partial charge is 0.426 e. The lowest BCUT2D eigenvalue weighted by atomic mass is 9.69. The Labute approximate surface area is 184 Å². The van der Waals surface area contributed by atoms with Crippen LogP contribution in [0.3, 0.4) is 0 Å². The molecule has 0 saturated carbocycles. The molecule has 1 aliphatic heterocycles. The SMILES string of the molecule is C[Si](C)(C)OC1(C2CC(=O)Oc3ccccc32)c2ccccc2C=Cc2ccccc21. The van der Waals surface area contributed by atoms with E-state index in [9.17, 15) is 4.79 Å². The number of hydrogen-bond acceptors (Lipinski definition) is 3. The van der Waals surface area contributed by atoms with Crippen LogP contribution in [0.25, 0.3) is 12.2 Å². The molecule has 3 aromatic rings. The number of esters is 1. The standard InChI is InChI=1S/C27H26O3Si/c1-31(2,3)30-27(24-18-26(28)29-25-15-9-6-12-21(24)25)22-13-7-4-10-19(22)16-17-20-11-5-8-14-23(20)27/h4-17,24H,18H2,1-3H3. The first-order chi connectivity index (χ1) is 14.9. The van der Waals surface area contributed by atoms with E-state index in [4.69, 9.17) is 9.16 Å². The number of fused-ring (bicyclic) bond motifs is 3. The summed E-state index contributed by atoms with van der Waals surface area (Å²) < 4.78 is 12.9. The van der Waals surface area contributed by atoms with Crippen molar-refractivity contribution in [3.63, 3.8) is 0 Å². The molecule has 0 fully saturated rings. The molecule has 31 heavy (non-hydrogen) atoms. The number of para-hydroxylation sites is 1. The Balaban J connectivity index is 1.90. The number of ether oxygens (including phenoxy) is 1. The lowest BCUT2D eigenvalue weighted by molar-refractivity contribution is -0.137. The molecule has 2 aliphatic rings. The highest BCUT2D eigenvalue weighted by molar-refractivity contribution is 6.69. The summed E-state index contributed by atoms with van der Waals surface area (Å²) in [6.07, 6.45) is 4.59. The Hall–Kier alpha value is -2.95. The van der Waals surface area contributed by atoms with Crippen LogP contribution in [0.15, 0.2) is 72.8 Å². The molecular formula is C27H26O3Si. The fourth-order valence-electron chi connectivity index (χ4n) is 4.99. The molecule has 0 saturated heterocycles. The van der Waals surface area contributed by atoms with Gasteiger partial charge in [-0.15, -0.1) is 0 Å². The van der Waals surface area contributed by atoms with Gasteiger partial charge in [-0.25, -0.2) is 0 Å². The van der Waals surface area contributed by atoms with E-state index in [0.29, 0.717) is 5.75 Å². The van der Waals surface area contributed by atoms with Gasteiger partial charge in [-0.3, -0.25) is 4.79 Å². The van der Waals surface area contributed by atoms with Gasteiger partial charge in [0.15, 0.2) is 8.32 Å². The van der Waals surface area contributed by atoms with E-state index in [2.05, 4.69) is 86.4 Å². The number of carbonyl (C=O) groups excluding carboxylic acids is 1. The van der Waals surface area contributed by atoms with E-state index in [1.165, 1.54) is 0 Å². The summed E-state index contributed by atoms with van der Waals surface area (Å²) in [4.78, 5) is 12.8. The van der Waals surface area contributed by atoms with E-state index >= 15 is 0 Å². The topological polar surface area (TPSA) is 35.5 Å². The third kappa shape index (κ3) is 3.36. The minimum absolute atomic E-state index is 0.195. The Morgan fingerprint density at radius 1 is 0.839 bits per heavy atom. The summed E-state index contributed by atoms with van der Waals surface area (Å²) in [5.74, 6) is 0.225. The van der Waals surface area contributed by atoms with Crippen molar-refractivity contribution in [2.24, 2.45) is 0 Å². The molecule has 1 atom stereocenters. The van der Waals surface area contributed by atoms with Crippen molar-refractivity contribution in [2.75, 3.05) is 0 Å². The van der Waals surface area contributed by atoms with Crippen LogP contribution in [0, 0.1) is 0 Å². The van der Waals surface area contributed by atoms with Gasteiger partial charge in [-0.05, 0) is 48.0 Å². The third-order valence-electron chi connectivity index (χ3n) is 6.01. The minimum Gasteiger partial charge on any atom is -0.426 e. The van der Waals surface area contributed by atoms with Crippen LogP contribution in [0.2, 0.25) is 19.6 Å². The molecule has 3 nitrogen and oxygen atoms in total. The van der Waals surface area contributed by atoms with Crippen molar-refractivity contribution in [3.8, 4) is 5.75 Å². The lowest BCUT2D eigenvalue weighted by Crippen LogP contribution is -2.48. The van der Waals surface area contributed by atoms with Crippen LogP contribution in [-0.2, 0) is 14.8 Å². The molecule has 1 heterocycles. The molecule has 0 amide bonds. The minimum atomic E-state index is -2.08. The molecular weight excluding hydrogens is 400 g/mol. The zero-order valence-electron chi connectivity index (χ0n) is 18.1. The van der Waals surface area contributed by atoms with Gasteiger partial charge in [0.1, 0.15) is 11.4 Å². The highest BCUT2D eigenvalue weighted by atomic mass is 28.4. The second-order valence-electron chi connectivity index (χ2n) is 9.23. The van der Waals surface area contributed by atoms with Gasteiger partial charge in [0.05, 0.1) is 6.42 Å². The second-order valence-corrected chi connectivity index (χ2v) is 13.7. The van der Waals surface area contributed by atoms with Crippen LogP contribution in [0.1, 0.15) is 40.2 Å². The van der Waals surface area contributed by atoms with Crippen molar-refractivity contribution in [3.05, 3.63) is 101 Å². The third-order valence-corrected chi connectivity index (χ3v) is 6.95. The first-order valence-corrected chi connectivity index (χ1v) is 14.2. The zero-order valence-corrected chi connectivity index (χ0v) is 19.1. The summed E-state index contributed by atoms with van der Waals surface area (Å²) >= 11 is 0. The van der Waals surface area contributed by atoms with Crippen molar-refractivity contribution in [1.29, 1.82) is 0 Å². The summed E-state index contributed by atoms with van der Waals surface area (Å²) in [6, 6.07) is 24.7. The van der Waals surface area contributed by atoms with Gasteiger partial charge < -0.3 is 9.16 Å². The summed E-state index contributed by atoms with van der Waals surface area (Å²) in [5.41, 5.74) is 4.67. The molecule has 5 rings (SSSR count). The fraction of sp³-hybridized carbons (Fsp3) is 0.222. The Bertz CT molecular complexity index is 1140. The second kappa shape index (κ2) is 7.33. The van der Waals surface area contributed by atoms with Crippen LogP contribution < -0.4 is 4.74 Å². The maximum absolute atomic E-state index is 12.8. The van der Waals surface area contributed by atoms with Crippen LogP contribution in [0.5, 0.6) is 5.75 Å². The van der Waals surface area contributed by atoms with Crippen molar-refractivity contribution >= 4 is 26.4 Å². The number of rotatable bonds is 3. The van der Waals surface area contributed by atoms with Gasteiger partial charge in [0, 0.05) is 11.5 Å². The van der Waals surface area contributed by atoms with Gasteiger partial charge >= 0.3 is 5.97 Å². The van der Waals surface area contributed by atoms with Crippen LogP contribution >= 0.6 is 0 Å². The Morgan fingerprint density at radius 2 is 1.39 bits per heavy atom. The van der Waals surface area contributed by atoms with Crippen LogP contribution in [-0.4, -0.2) is 14.3 Å². The van der Waals surface area contributed by atoms with Crippen molar-refractivity contribution in [2.45, 2.75) is 37.6 Å². The van der Waals surface area contributed by atoms with Gasteiger partial charge in [-0.1, -0.05) is 78.9 Å². The average molecular weight is 427 g/mol. The molecule has 0 radical (unpaired) electrons. The zero-order chi connectivity index (χ0) is 21.6. The Morgan fingerprint density at radius 3 is 2.00 bits per heavy atom. The highest BCUT2D eigenvalue weighted by Crippen LogP contribution is 2.55.